The predicted octanol–water partition coefficient (Wildman–Crippen LogP) is 5.75. The minimum absolute atomic E-state index is 0.209. The third kappa shape index (κ3) is 4.88. The minimum Gasteiger partial charge on any atom is -0.484 e. The van der Waals surface area contributed by atoms with E-state index in [1.807, 2.05) is 12.1 Å². The Morgan fingerprint density at radius 3 is 2.19 bits per heavy atom. The number of carbonyl (C=O) groups is 2. The molecule has 1 aliphatic heterocycles. The topological polar surface area (TPSA) is 70.7 Å². The molecule has 1 aliphatic rings. The summed E-state index contributed by atoms with van der Waals surface area (Å²) >= 11 is 0. The number of hydrogen-bond acceptors (Lipinski definition) is 4. The SMILES string of the molecule is O=C(COc1ccc([C@@H]2Nc3ccccc3C(=O)N2c2ccc(F)cc2)cc1)Nc1ccc(F)cc1. The van der Waals surface area contributed by atoms with Gasteiger partial charge in [-0.1, -0.05) is 24.3 Å². The molecule has 1 heterocycles. The van der Waals surface area contributed by atoms with Crippen LogP contribution in [0.2, 0.25) is 0 Å². The van der Waals surface area contributed by atoms with Crippen molar-refractivity contribution in [3.8, 4) is 5.75 Å². The maximum Gasteiger partial charge on any atom is 0.262 e. The second-order valence-corrected chi connectivity index (χ2v) is 8.16. The minimum atomic E-state index is -0.548. The van der Waals surface area contributed by atoms with Crippen molar-refractivity contribution in [2.75, 3.05) is 22.1 Å². The number of para-hydroxylation sites is 1. The smallest absolute Gasteiger partial charge is 0.262 e. The molecule has 0 aromatic heterocycles. The number of benzene rings is 4. The van der Waals surface area contributed by atoms with Crippen molar-refractivity contribution in [3.63, 3.8) is 0 Å². The number of nitrogens with zero attached hydrogens (tertiary/aromatic N) is 1. The molecule has 4 aromatic rings. The first kappa shape index (κ1) is 23.0. The molecule has 0 radical (unpaired) electrons. The van der Waals surface area contributed by atoms with Crippen molar-refractivity contribution in [1.82, 2.24) is 0 Å². The van der Waals surface area contributed by atoms with Crippen LogP contribution >= 0.6 is 0 Å². The average Bonchev–Trinajstić information content (AvgIpc) is 2.90. The molecule has 0 saturated carbocycles. The van der Waals surface area contributed by atoms with Crippen LogP contribution in [0.3, 0.4) is 0 Å². The molecule has 4 aromatic carbocycles. The van der Waals surface area contributed by atoms with Gasteiger partial charge in [-0.3, -0.25) is 14.5 Å². The van der Waals surface area contributed by atoms with Crippen molar-refractivity contribution in [1.29, 1.82) is 0 Å². The van der Waals surface area contributed by atoms with Crippen molar-refractivity contribution in [2.24, 2.45) is 0 Å². The van der Waals surface area contributed by atoms with Crippen molar-refractivity contribution in [2.45, 2.75) is 6.17 Å². The number of hydrogen-bond donors (Lipinski definition) is 2. The van der Waals surface area contributed by atoms with Crippen LogP contribution in [0.15, 0.2) is 97.1 Å². The lowest BCUT2D eigenvalue weighted by Gasteiger charge is -2.38. The van der Waals surface area contributed by atoms with Gasteiger partial charge in [-0.05, 0) is 78.4 Å². The van der Waals surface area contributed by atoms with Gasteiger partial charge in [-0.2, -0.15) is 0 Å². The van der Waals surface area contributed by atoms with E-state index in [-0.39, 0.29) is 24.2 Å². The molecule has 6 nitrogen and oxygen atoms in total. The fourth-order valence-electron chi connectivity index (χ4n) is 3.98. The molecule has 0 spiro atoms. The molecule has 180 valence electrons. The summed E-state index contributed by atoms with van der Waals surface area (Å²) in [5, 5.41) is 6.02. The highest BCUT2D eigenvalue weighted by Gasteiger charge is 2.34. The fourth-order valence-corrected chi connectivity index (χ4v) is 3.98. The Kier molecular flexibility index (Phi) is 6.32. The van der Waals surface area contributed by atoms with E-state index in [0.29, 0.717) is 28.4 Å². The van der Waals surface area contributed by atoms with Gasteiger partial charge in [0, 0.05) is 17.1 Å². The van der Waals surface area contributed by atoms with Gasteiger partial charge in [0.25, 0.3) is 11.8 Å². The van der Waals surface area contributed by atoms with Crippen LogP contribution in [-0.2, 0) is 4.79 Å². The van der Waals surface area contributed by atoms with Crippen LogP contribution in [0.25, 0.3) is 0 Å². The standard InChI is InChI=1S/C28H21F2N3O3/c29-19-7-11-21(12-8-19)31-26(34)17-36-23-15-5-18(6-16-23)27-32-25-4-2-1-3-24(25)28(35)33(27)22-13-9-20(30)10-14-22/h1-16,27,32H,17H2,(H,31,34)/t27-/m1/s1. The maximum atomic E-state index is 13.5. The van der Waals surface area contributed by atoms with E-state index in [2.05, 4.69) is 10.6 Å². The van der Waals surface area contributed by atoms with E-state index in [1.165, 1.54) is 36.4 Å². The van der Waals surface area contributed by atoms with Gasteiger partial charge in [0.15, 0.2) is 6.61 Å². The second kappa shape index (κ2) is 9.87. The number of carbonyl (C=O) groups excluding carboxylic acids is 2. The average molecular weight is 485 g/mol. The van der Waals surface area contributed by atoms with Crippen LogP contribution in [0, 0.1) is 11.6 Å². The molecule has 0 unspecified atom stereocenters. The first-order valence-electron chi connectivity index (χ1n) is 11.2. The van der Waals surface area contributed by atoms with Crippen LogP contribution in [0.5, 0.6) is 5.75 Å². The highest BCUT2D eigenvalue weighted by molar-refractivity contribution is 6.12. The van der Waals surface area contributed by atoms with Gasteiger partial charge >= 0.3 is 0 Å². The van der Waals surface area contributed by atoms with E-state index < -0.39 is 12.0 Å². The zero-order chi connectivity index (χ0) is 25.1. The summed E-state index contributed by atoms with van der Waals surface area (Å²) in [6.45, 7) is -0.230. The Balaban J connectivity index is 1.33. The summed E-state index contributed by atoms with van der Waals surface area (Å²) in [5.74, 6) is -0.912. The first-order valence-corrected chi connectivity index (χ1v) is 11.2. The molecule has 5 rings (SSSR count). The van der Waals surface area contributed by atoms with Crippen molar-refractivity contribution in [3.05, 3.63) is 120 Å². The summed E-state index contributed by atoms with van der Waals surface area (Å²) in [6, 6.07) is 25.4. The Morgan fingerprint density at radius 1 is 0.861 bits per heavy atom. The number of rotatable bonds is 6. The third-order valence-electron chi connectivity index (χ3n) is 5.73. The molecule has 36 heavy (non-hydrogen) atoms. The first-order chi connectivity index (χ1) is 17.5. The van der Waals surface area contributed by atoms with E-state index in [1.54, 1.807) is 53.4 Å². The van der Waals surface area contributed by atoms with E-state index in [0.717, 1.165) is 5.56 Å². The highest BCUT2D eigenvalue weighted by Crippen LogP contribution is 2.37. The Morgan fingerprint density at radius 2 is 1.50 bits per heavy atom. The Labute approximate surface area is 206 Å². The monoisotopic (exact) mass is 485 g/mol. The largest absolute Gasteiger partial charge is 0.484 e. The van der Waals surface area contributed by atoms with Gasteiger partial charge in [0.1, 0.15) is 23.5 Å². The van der Waals surface area contributed by atoms with E-state index in [4.69, 9.17) is 4.74 Å². The number of ether oxygens (including phenoxy) is 1. The van der Waals surface area contributed by atoms with Crippen molar-refractivity contribution < 1.29 is 23.1 Å². The predicted molar refractivity (Wildman–Crippen MR) is 133 cm³/mol. The molecular weight excluding hydrogens is 464 g/mol. The lowest BCUT2D eigenvalue weighted by atomic mass is 10.0. The van der Waals surface area contributed by atoms with Gasteiger partial charge in [0.05, 0.1) is 5.56 Å². The summed E-state index contributed by atoms with van der Waals surface area (Å²) in [6.07, 6.45) is -0.548. The van der Waals surface area contributed by atoms with Crippen molar-refractivity contribution >= 4 is 28.9 Å². The maximum absolute atomic E-state index is 13.5. The molecule has 2 amide bonds. The Hall–Kier alpha value is -4.72. The molecule has 8 heteroatoms. The molecule has 2 N–H and O–H groups in total. The summed E-state index contributed by atoms with van der Waals surface area (Å²) < 4.78 is 32.1. The fraction of sp³-hybridized carbons (Fsp3) is 0.0714. The van der Waals surface area contributed by atoms with Gasteiger partial charge in [0.2, 0.25) is 0 Å². The van der Waals surface area contributed by atoms with Crippen LogP contribution in [0.1, 0.15) is 22.1 Å². The molecular formula is C28H21F2N3O3. The number of nitrogens with one attached hydrogen (secondary N) is 2. The summed E-state index contributed by atoms with van der Waals surface area (Å²) in [4.78, 5) is 27.1. The Bertz CT molecular complexity index is 1390. The quantitative estimate of drug-likeness (QED) is 0.365. The molecule has 0 bridgehead atoms. The highest BCUT2D eigenvalue weighted by atomic mass is 19.1. The number of anilines is 3. The van der Waals surface area contributed by atoms with Crippen LogP contribution in [0.4, 0.5) is 25.8 Å². The molecule has 1 atom stereocenters. The zero-order valence-corrected chi connectivity index (χ0v) is 18.9. The number of halogens is 2. The molecule has 0 fully saturated rings. The molecule has 0 aliphatic carbocycles. The summed E-state index contributed by atoms with van der Waals surface area (Å²) in [5.41, 5.74) is 3.00. The lowest BCUT2D eigenvalue weighted by molar-refractivity contribution is -0.118. The molecule has 0 saturated heterocycles. The number of fused-ring (bicyclic) bond motifs is 1. The van der Waals surface area contributed by atoms with Crippen LogP contribution in [-0.4, -0.2) is 18.4 Å². The van der Waals surface area contributed by atoms with Gasteiger partial charge in [-0.25, -0.2) is 8.78 Å². The normalized spacial score (nSPS) is 14.6. The number of amides is 2. The van der Waals surface area contributed by atoms with Crippen LogP contribution < -0.4 is 20.3 Å². The van der Waals surface area contributed by atoms with E-state index in [9.17, 15) is 18.4 Å². The third-order valence-corrected chi connectivity index (χ3v) is 5.73. The van der Waals surface area contributed by atoms with Gasteiger partial charge < -0.3 is 15.4 Å². The second-order valence-electron chi connectivity index (χ2n) is 8.16. The van der Waals surface area contributed by atoms with Gasteiger partial charge in [-0.15, -0.1) is 0 Å². The van der Waals surface area contributed by atoms with E-state index >= 15 is 0 Å². The summed E-state index contributed by atoms with van der Waals surface area (Å²) in [7, 11) is 0. The zero-order valence-electron chi connectivity index (χ0n) is 18.9. The lowest BCUT2D eigenvalue weighted by Crippen LogP contribution is -2.43.